The molecule has 10 heteroatoms. The van der Waals surface area contributed by atoms with Crippen molar-refractivity contribution < 1.29 is 9.18 Å². The van der Waals surface area contributed by atoms with Gasteiger partial charge in [0.05, 0.1) is 16.8 Å². The van der Waals surface area contributed by atoms with E-state index in [9.17, 15) is 9.18 Å². The van der Waals surface area contributed by atoms with Crippen molar-refractivity contribution in [1.29, 1.82) is 0 Å². The number of halogens is 2. The summed E-state index contributed by atoms with van der Waals surface area (Å²) >= 11 is 5.96. The number of rotatable bonds is 5. The molecule has 4 aromatic rings. The van der Waals surface area contributed by atoms with E-state index in [1.807, 2.05) is 11.8 Å². The maximum atomic E-state index is 13.6. The van der Waals surface area contributed by atoms with Gasteiger partial charge in [-0.1, -0.05) is 18.5 Å². The van der Waals surface area contributed by atoms with Gasteiger partial charge < -0.3 is 15.1 Å². The summed E-state index contributed by atoms with van der Waals surface area (Å²) in [5, 5.41) is 9.21. The minimum absolute atomic E-state index is 0.135. The molecular formula is C27H29ClFN7O. The molecular weight excluding hydrogens is 493 g/mol. The van der Waals surface area contributed by atoms with Crippen LogP contribution in [-0.2, 0) is 6.42 Å². The number of aromatic nitrogens is 4. The third kappa shape index (κ3) is 5.36. The van der Waals surface area contributed by atoms with Gasteiger partial charge in [-0.05, 0) is 68.3 Å². The second-order valence-electron chi connectivity index (χ2n) is 9.15. The molecule has 0 aliphatic carbocycles. The van der Waals surface area contributed by atoms with Crippen LogP contribution >= 0.6 is 11.6 Å². The van der Waals surface area contributed by atoms with Gasteiger partial charge in [0.1, 0.15) is 17.5 Å². The summed E-state index contributed by atoms with van der Waals surface area (Å²) < 4.78 is 15.3. The highest BCUT2D eigenvalue weighted by molar-refractivity contribution is 6.30. The van der Waals surface area contributed by atoms with Gasteiger partial charge in [0, 0.05) is 43.3 Å². The van der Waals surface area contributed by atoms with Gasteiger partial charge in [-0.3, -0.25) is 0 Å². The Bertz CT molecular complexity index is 1410. The number of nitrogens with zero attached hydrogens (tertiary/aromatic N) is 6. The van der Waals surface area contributed by atoms with Crippen LogP contribution in [0.4, 0.5) is 20.7 Å². The normalized spacial score (nSPS) is 14.2. The molecule has 1 saturated heterocycles. The minimum atomic E-state index is -0.298. The fraction of sp³-hybridized carbons (Fsp3) is 0.333. The van der Waals surface area contributed by atoms with Crippen molar-refractivity contribution in [1.82, 2.24) is 24.6 Å². The van der Waals surface area contributed by atoms with Gasteiger partial charge in [0.15, 0.2) is 5.65 Å². The van der Waals surface area contributed by atoms with Gasteiger partial charge in [-0.15, -0.1) is 0 Å². The molecule has 37 heavy (non-hydrogen) atoms. The maximum Gasteiger partial charge on any atom is 0.321 e. The van der Waals surface area contributed by atoms with Gasteiger partial charge in [0.25, 0.3) is 0 Å². The van der Waals surface area contributed by atoms with Crippen molar-refractivity contribution in [2.24, 2.45) is 0 Å². The largest absolute Gasteiger partial charge is 0.354 e. The monoisotopic (exact) mass is 521 g/mol. The number of benzene rings is 2. The van der Waals surface area contributed by atoms with E-state index in [-0.39, 0.29) is 11.8 Å². The van der Waals surface area contributed by atoms with E-state index < -0.39 is 0 Å². The molecule has 1 N–H and O–H groups in total. The molecule has 0 unspecified atom stereocenters. The highest BCUT2D eigenvalue weighted by atomic mass is 35.5. The number of carbonyl (C=O) groups excluding carboxylic acids is 1. The number of anilines is 2. The fourth-order valence-corrected chi connectivity index (χ4v) is 4.73. The summed E-state index contributed by atoms with van der Waals surface area (Å²) in [5.74, 6) is 1.28. The van der Waals surface area contributed by atoms with Crippen molar-refractivity contribution in [3.63, 3.8) is 0 Å². The van der Waals surface area contributed by atoms with Crippen LogP contribution in [-0.4, -0.2) is 56.9 Å². The van der Waals surface area contributed by atoms with E-state index in [0.29, 0.717) is 36.0 Å². The minimum Gasteiger partial charge on any atom is -0.354 e. The van der Waals surface area contributed by atoms with Crippen LogP contribution in [0.15, 0.2) is 48.5 Å². The molecule has 0 atom stereocenters. The number of aryl methyl sites for hydroxylation is 2. The van der Waals surface area contributed by atoms with Crippen molar-refractivity contribution >= 4 is 40.2 Å². The van der Waals surface area contributed by atoms with Crippen LogP contribution < -0.4 is 10.2 Å². The van der Waals surface area contributed by atoms with E-state index in [1.165, 1.54) is 12.1 Å². The average molecular weight is 522 g/mol. The Morgan fingerprint density at radius 1 is 1.03 bits per heavy atom. The number of nitrogens with one attached hydrogen (secondary N) is 1. The van der Waals surface area contributed by atoms with Gasteiger partial charge in [0.2, 0.25) is 0 Å². The number of carbonyl (C=O) groups is 1. The first kappa shape index (κ1) is 25.0. The highest BCUT2D eigenvalue weighted by Crippen LogP contribution is 2.30. The van der Waals surface area contributed by atoms with Crippen molar-refractivity contribution in [2.75, 3.05) is 36.4 Å². The van der Waals surface area contributed by atoms with Crippen LogP contribution in [0, 0.1) is 12.7 Å². The highest BCUT2D eigenvalue weighted by Gasteiger charge is 2.25. The van der Waals surface area contributed by atoms with E-state index in [4.69, 9.17) is 26.7 Å². The first-order chi connectivity index (χ1) is 17.9. The molecule has 192 valence electrons. The average Bonchev–Trinajstić information content (AvgIpc) is 3.05. The van der Waals surface area contributed by atoms with Crippen molar-refractivity contribution in [2.45, 2.75) is 33.1 Å². The number of hydrogen-bond donors (Lipinski definition) is 1. The van der Waals surface area contributed by atoms with E-state index in [1.54, 1.807) is 41.1 Å². The Morgan fingerprint density at radius 3 is 2.51 bits per heavy atom. The second-order valence-corrected chi connectivity index (χ2v) is 9.59. The third-order valence-corrected chi connectivity index (χ3v) is 6.70. The maximum absolute atomic E-state index is 13.6. The van der Waals surface area contributed by atoms with Crippen molar-refractivity contribution in [3.8, 4) is 5.69 Å². The predicted molar refractivity (Wildman–Crippen MR) is 144 cm³/mol. The second kappa shape index (κ2) is 10.7. The summed E-state index contributed by atoms with van der Waals surface area (Å²) in [6, 6.07) is 13.2. The smallest absolute Gasteiger partial charge is 0.321 e. The Labute approximate surface area is 220 Å². The summed E-state index contributed by atoms with van der Waals surface area (Å²) in [4.78, 5) is 26.8. The Kier molecular flexibility index (Phi) is 7.23. The summed E-state index contributed by atoms with van der Waals surface area (Å²) in [5.41, 5.74) is 2.96. The van der Waals surface area contributed by atoms with Crippen LogP contribution in [0.1, 0.15) is 31.3 Å². The van der Waals surface area contributed by atoms with E-state index >= 15 is 0 Å². The molecule has 1 aliphatic rings. The molecule has 0 saturated carbocycles. The summed E-state index contributed by atoms with van der Waals surface area (Å²) in [6.45, 7) is 6.62. The summed E-state index contributed by atoms with van der Waals surface area (Å²) in [7, 11) is 0. The molecule has 5 rings (SSSR count). The predicted octanol–water partition coefficient (Wildman–Crippen LogP) is 5.61. The first-order valence-electron chi connectivity index (χ1n) is 12.5. The zero-order valence-electron chi connectivity index (χ0n) is 20.9. The zero-order chi connectivity index (χ0) is 25.9. The van der Waals surface area contributed by atoms with E-state index in [2.05, 4.69) is 17.1 Å². The lowest BCUT2D eigenvalue weighted by atomic mass is 10.2. The van der Waals surface area contributed by atoms with Gasteiger partial charge >= 0.3 is 6.03 Å². The molecule has 3 heterocycles. The zero-order valence-corrected chi connectivity index (χ0v) is 21.7. The van der Waals surface area contributed by atoms with Crippen LogP contribution in [0.25, 0.3) is 16.7 Å². The number of fused-ring (bicyclic) bond motifs is 1. The first-order valence-corrected chi connectivity index (χ1v) is 12.9. The quantitative estimate of drug-likeness (QED) is 0.369. The van der Waals surface area contributed by atoms with Crippen LogP contribution in [0.5, 0.6) is 0 Å². The fourth-order valence-electron chi connectivity index (χ4n) is 4.60. The van der Waals surface area contributed by atoms with Crippen molar-refractivity contribution in [3.05, 3.63) is 70.9 Å². The van der Waals surface area contributed by atoms with E-state index in [0.717, 1.165) is 54.2 Å². The Hall–Kier alpha value is -3.72. The molecule has 2 aromatic heterocycles. The number of urea groups is 1. The molecule has 2 amide bonds. The Balaban J connectivity index is 1.43. The molecule has 1 aliphatic heterocycles. The SMILES string of the molecule is CCCc1nc(N2CCCN(C(=O)Nc3ccc(Cl)cc3)CC2)c2c(C)nn(-c3ccc(F)cc3)c2n1. The van der Waals surface area contributed by atoms with Gasteiger partial charge in [-0.2, -0.15) is 5.10 Å². The molecule has 2 aromatic carbocycles. The number of amides is 2. The summed E-state index contributed by atoms with van der Waals surface area (Å²) in [6.07, 6.45) is 2.45. The van der Waals surface area contributed by atoms with Crippen LogP contribution in [0.3, 0.4) is 0 Å². The molecule has 1 fully saturated rings. The lowest BCUT2D eigenvalue weighted by Gasteiger charge is -2.24. The third-order valence-electron chi connectivity index (χ3n) is 6.45. The topological polar surface area (TPSA) is 79.2 Å². The number of hydrogen-bond acceptors (Lipinski definition) is 5. The van der Waals surface area contributed by atoms with Crippen LogP contribution in [0.2, 0.25) is 5.02 Å². The lowest BCUT2D eigenvalue weighted by Crippen LogP contribution is -2.38. The Morgan fingerprint density at radius 2 is 1.78 bits per heavy atom. The molecule has 0 bridgehead atoms. The lowest BCUT2D eigenvalue weighted by molar-refractivity contribution is 0.215. The molecule has 8 nitrogen and oxygen atoms in total. The standard InChI is InChI=1S/C27H29ClFN7O/c1-3-5-23-31-25(24-18(2)33-36(26(24)32-23)22-12-8-20(29)9-13-22)34-14-4-15-35(17-16-34)27(37)30-21-10-6-19(28)7-11-21/h6-13H,3-5,14-17H2,1-2H3,(H,30,37). The van der Waals surface area contributed by atoms with Gasteiger partial charge in [-0.25, -0.2) is 23.8 Å². The molecule has 0 radical (unpaired) electrons. The molecule has 0 spiro atoms.